The van der Waals surface area contributed by atoms with Crippen molar-refractivity contribution in [3.05, 3.63) is 54.6 Å². The molecule has 0 aliphatic carbocycles. The molecule has 0 saturated heterocycles. The van der Waals surface area contributed by atoms with Gasteiger partial charge in [0.05, 0.1) is 0 Å². The van der Waals surface area contributed by atoms with E-state index in [2.05, 4.69) is 54.0 Å². The van der Waals surface area contributed by atoms with E-state index in [1.54, 1.807) is 0 Å². The summed E-state index contributed by atoms with van der Waals surface area (Å²) in [7, 11) is 0. The number of anilines is 1. The first-order valence-electron chi connectivity index (χ1n) is 5.26. The van der Waals surface area contributed by atoms with Crippen LogP contribution < -0.4 is 11.3 Å². The third kappa shape index (κ3) is 2.05. The number of fused-ring (bicyclic) bond motifs is 2. The zero-order chi connectivity index (χ0) is 11.0. The van der Waals surface area contributed by atoms with Crippen LogP contribution in [0.1, 0.15) is 0 Å². The van der Waals surface area contributed by atoms with Gasteiger partial charge in [0.25, 0.3) is 0 Å². The summed E-state index contributed by atoms with van der Waals surface area (Å²) < 4.78 is 0. The molecule has 0 unspecified atom stereocenters. The minimum absolute atomic E-state index is 0. The van der Waals surface area contributed by atoms with Crippen LogP contribution in [0.3, 0.4) is 0 Å². The number of nitrogens with two attached hydrogens (primary N) is 1. The van der Waals surface area contributed by atoms with Crippen molar-refractivity contribution in [1.82, 2.24) is 0 Å². The normalized spacial score (nSPS) is 10.2. The van der Waals surface area contributed by atoms with Crippen LogP contribution in [0.15, 0.2) is 54.6 Å². The predicted octanol–water partition coefficient (Wildman–Crippen LogP) is 3.70. The topological polar surface area (TPSA) is 38.0 Å². The second kappa shape index (κ2) is 4.62. The molecule has 17 heavy (non-hydrogen) atoms. The van der Waals surface area contributed by atoms with Crippen molar-refractivity contribution in [3.8, 4) is 0 Å². The number of rotatable bonds is 1. The molecule has 0 aliphatic rings. The molecule has 3 aromatic carbocycles. The number of halogens is 1. The van der Waals surface area contributed by atoms with E-state index in [1.165, 1.54) is 21.5 Å². The van der Waals surface area contributed by atoms with Crippen molar-refractivity contribution in [2.24, 2.45) is 5.84 Å². The maximum absolute atomic E-state index is 5.40. The number of nitrogens with one attached hydrogen (secondary N) is 1. The summed E-state index contributed by atoms with van der Waals surface area (Å²) >= 11 is 0. The molecule has 3 aromatic rings. The molecule has 0 aromatic heterocycles. The van der Waals surface area contributed by atoms with Crippen molar-refractivity contribution < 1.29 is 0 Å². The molecule has 0 heterocycles. The molecule has 0 bridgehead atoms. The maximum Gasteiger partial charge on any atom is 0.0491 e. The number of hydrazine groups is 1. The monoisotopic (exact) mass is 244 g/mol. The summed E-state index contributed by atoms with van der Waals surface area (Å²) in [5.41, 5.74) is 3.60. The third-order valence-corrected chi connectivity index (χ3v) is 2.87. The molecule has 3 heteroatoms. The average Bonchev–Trinajstić information content (AvgIpc) is 2.35. The molecule has 3 rings (SSSR count). The van der Waals surface area contributed by atoms with E-state index in [0.717, 1.165) is 5.69 Å². The van der Waals surface area contributed by atoms with Gasteiger partial charge in [-0.15, -0.1) is 12.4 Å². The highest BCUT2D eigenvalue weighted by molar-refractivity contribution is 5.99. The second-order valence-corrected chi connectivity index (χ2v) is 3.91. The Hall–Kier alpha value is -1.77. The minimum Gasteiger partial charge on any atom is -0.324 e. The molecular formula is C14H13ClN2. The highest BCUT2D eigenvalue weighted by atomic mass is 35.5. The van der Waals surface area contributed by atoms with Crippen LogP contribution in [0.5, 0.6) is 0 Å². The Morgan fingerprint density at radius 2 is 1.29 bits per heavy atom. The van der Waals surface area contributed by atoms with Gasteiger partial charge in [0.2, 0.25) is 0 Å². The standard InChI is InChI=1S/C14H12N2.ClH/c15-16-14-6-5-12-7-10-3-1-2-4-11(10)8-13(12)9-14;/h1-9,16H,15H2;1H. The molecular weight excluding hydrogens is 232 g/mol. The van der Waals surface area contributed by atoms with Crippen LogP contribution in [-0.4, -0.2) is 0 Å². The van der Waals surface area contributed by atoms with Crippen molar-refractivity contribution in [2.45, 2.75) is 0 Å². The summed E-state index contributed by atoms with van der Waals surface area (Å²) in [6, 6.07) is 18.9. The van der Waals surface area contributed by atoms with Gasteiger partial charge in [0, 0.05) is 5.69 Å². The van der Waals surface area contributed by atoms with Crippen LogP contribution in [0.2, 0.25) is 0 Å². The average molecular weight is 245 g/mol. The maximum atomic E-state index is 5.40. The number of hydrogen-bond donors (Lipinski definition) is 2. The van der Waals surface area contributed by atoms with Crippen molar-refractivity contribution in [2.75, 3.05) is 5.43 Å². The lowest BCUT2D eigenvalue weighted by Crippen LogP contribution is -2.06. The first-order chi connectivity index (χ1) is 7.86. The molecule has 86 valence electrons. The van der Waals surface area contributed by atoms with E-state index >= 15 is 0 Å². The molecule has 0 amide bonds. The third-order valence-electron chi connectivity index (χ3n) is 2.87. The molecule has 0 spiro atoms. The first kappa shape index (κ1) is 11.7. The molecule has 2 nitrogen and oxygen atoms in total. The zero-order valence-electron chi connectivity index (χ0n) is 9.18. The fraction of sp³-hybridized carbons (Fsp3) is 0. The quantitative estimate of drug-likeness (QED) is 0.389. The van der Waals surface area contributed by atoms with Crippen LogP contribution in [-0.2, 0) is 0 Å². The predicted molar refractivity (Wildman–Crippen MR) is 76.5 cm³/mol. The summed E-state index contributed by atoms with van der Waals surface area (Å²) in [6.45, 7) is 0. The lowest BCUT2D eigenvalue weighted by molar-refractivity contribution is 1.36. The first-order valence-corrected chi connectivity index (χ1v) is 5.26. The largest absolute Gasteiger partial charge is 0.324 e. The summed E-state index contributed by atoms with van der Waals surface area (Å²) in [6.07, 6.45) is 0. The SMILES string of the molecule is Cl.NNc1ccc2cc3ccccc3cc2c1. The Kier molecular flexibility index (Phi) is 3.18. The Morgan fingerprint density at radius 3 is 1.94 bits per heavy atom. The lowest BCUT2D eigenvalue weighted by atomic mass is 10.0. The van der Waals surface area contributed by atoms with Gasteiger partial charge in [-0.2, -0.15) is 0 Å². The zero-order valence-corrected chi connectivity index (χ0v) is 10.00. The van der Waals surface area contributed by atoms with E-state index in [-0.39, 0.29) is 12.4 Å². The molecule has 0 saturated carbocycles. The van der Waals surface area contributed by atoms with Gasteiger partial charge >= 0.3 is 0 Å². The Labute approximate surface area is 106 Å². The summed E-state index contributed by atoms with van der Waals surface area (Å²) in [4.78, 5) is 0. The van der Waals surface area contributed by atoms with Gasteiger partial charge < -0.3 is 5.43 Å². The van der Waals surface area contributed by atoms with Gasteiger partial charge in [0.1, 0.15) is 0 Å². The van der Waals surface area contributed by atoms with Gasteiger partial charge in [0.15, 0.2) is 0 Å². The van der Waals surface area contributed by atoms with E-state index in [1.807, 2.05) is 6.07 Å². The summed E-state index contributed by atoms with van der Waals surface area (Å²) in [5.74, 6) is 5.40. The molecule has 0 aliphatic heterocycles. The molecule has 0 atom stereocenters. The molecule has 0 fully saturated rings. The smallest absolute Gasteiger partial charge is 0.0491 e. The van der Waals surface area contributed by atoms with Gasteiger partial charge in [-0.25, -0.2) is 0 Å². The highest BCUT2D eigenvalue weighted by Crippen LogP contribution is 2.24. The van der Waals surface area contributed by atoms with E-state index in [4.69, 9.17) is 5.84 Å². The van der Waals surface area contributed by atoms with Gasteiger partial charge in [-0.3, -0.25) is 5.84 Å². The second-order valence-electron chi connectivity index (χ2n) is 3.91. The Balaban J connectivity index is 0.00000108. The van der Waals surface area contributed by atoms with E-state index < -0.39 is 0 Å². The fourth-order valence-electron chi connectivity index (χ4n) is 2.03. The molecule has 0 radical (unpaired) electrons. The van der Waals surface area contributed by atoms with Crippen molar-refractivity contribution >= 4 is 39.6 Å². The fourth-order valence-corrected chi connectivity index (χ4v) is 2.03. The van der Waals surface area contributed by atoms with Crippen LogP contribution in [0, 0.1) is 0 Å². The van der Waals surface area contributed by atoms with Gasteiger partial charge in [-0.05, 0) is 45.8 Å². The van der Waals surface area contributed by atoms with Crippen LogP contribution in [0.4, 0.5) is 5.69 Å². The Morgan fingerprint density at radius 1 is 0.706 bits per heavy atom. The van der Waals surface area contributed by atoms with Crippen LogP contribution >= 0.6 is 12.4 Å². The van der Waals surface area contributed by atoms with Gasteiger partial charge in [-0.1, -0.05) is 30.3 Å². The number of hydrogen-bond acceptors (Lipinski definition) is 2. The number of nitrogen functional groups attached to an aromatic ring is 1. The highest BCUT2D eigenvalue weighted by Gasteiger charge is 1.98. The molecule has 3 N–H and O–H groups in total. The van der Waals surface area contributed by atoms with Crippen molar-refractivity contribution in [3.63, 3.8) is 0 Å². The number of benzene rings is 3. The lowest BCUT2D eigenvalue weighted by Gasteiger charge is -2.04. The van der Waals surface area contributed by atoms with E-state index in [9.17, 15) is 0 Å². The Bertz CT molecular complexity index is 664. The minimum atomic E-state index is 0. The van der Waals surface area contributed by atoms with E-state index in [0.29, 0.717) is 0 Å². The van der Waals surface area contributed by atoms with Crippen molar-refractivity contribution in [1.29, 1.82) is 0 Å². The summed E-state index contributed by atoms with van der Waals surface area (Å²) in [5, 5.41) is 4.96. The van der Waals surface area contributed by atoms with Crippen LogP contribution in [0.25, 0.3) is 21.5 Å².